The number of methoxy groups -OCH3 is 1. The first-order valence-electron chi connectivity index (χ1n) is 9.07. The molecule has 158 valence electrons. The van der Waals surface area contributed by atoms with Gasteiger partial charge < -0.3 is 14.8 Å². The molecular weight excluding hydrogens is 416 g/mol. The lowest BCUT2D eigenvalue weighted by atomic mass is 10.3. The maximum absolute atomic E-state index is 13.2. The zero-order chi connectivity index (χ0) is 21.4. The number of sulfonamides is 1. The van der Waals surface area contributed by atoms with Gasteiger partial charge in [-0.3, -0.25) is 9.10 Å². The summed E-state index contributed by atoms with van der Waals surface area (Å²) in [6, 6.07) is 12.1. The fourth-order valence-corrected chi connectivity index (χ4v) is 4.21. The molecule has 0 bridgehead atoms. The highest BCUT2D eigenvalue weighted by atomic mass is 35.5. The van der Waals surface area contributed by atoms with Crippen LogP contribution in [0.2, 0.25) is 5.02 Å². The van der Waals surface area contributed by atoms with Gasteiger partial charge in [0.25, 0.3) is 10.0 Å². The molecule has 9 heteroatoms. The molecule has 2 aromatic carbocycles. The normalized spacial score (nSPS) is 12.3. The lowest BCUT2D eigenvalue weighted by Crippen LogP contribution is -2.44. The summed E-state index contributed by atoms with van der Waals surface area (Å²) in [6.45, 7) is 4.06. The maximum atomic E-state index is 13.2. The van der Waals surface area contributed by atoms with Gasteiger partial charge in [-0.05, 0) is 62.4 Å². The first-order valence-corrected chi connectivity index (χ1v) is 10.9. The second-order valence-corrected chi connectivity index (χ2v) is 8.62. The average Bonchev–Trinajstić information content (AvgIpc) is 2.67. The second-order valence-electron chi connectivity index (χ2n) is 6.32. The number of nitrogens with zero attached hydrogens (tertiary/aromatic N) is 1. The highest BCUT2D eigenvalue weighted by Crippen LogP contribution is 2.26. The van der Waals surface area contributed by atoms with Crippen LogP contribution in [0.1, 0.15) is 13.8 Å². The second kappa shape index (κ2) is 10.5. The standard InChI is InChI=1S/C20H25ClN2O5S/c1-4-28-18-9-7-17(8-10-18)23(13-20(24)22-15(2)14-27-3)29(25,26)19-11-5-16(21)6-12-19/h5-12,15H,4,13-14H2,1-3H3,(H,22,24)/t15-/m1/s1. The van der Waals surface area contributed by atoms with Crippen LogP contribution in [0.15, 0.2) is 53.4 Å². The Morgan fingerprint density at radius 2 is 1.76 bits per heavy atom. The van der Waals surface area contributed by atoms with Gasteiger partial charge in [-0.1, -0.05) is 11.6 Å². The third-order valence-electron chi connectivity index (χ3n) is 3.95. The minimum absolute atomic E-state index is 0.0357. The van der Waals surface area contributed by atoms with Gasteiger partial charge in [0.1, 0.15) is 12.3 Å². The molecule has 0 saturated carbocycles. The SMILES string of the molecule is CCOc1ccc(N(CC(=O)N[C@H](C)COC)S(=O)(=O)c2ccc(Cl)cc2)cc1. The van der Waals surface area contributed by atoms with Gasteiger partial charge in [0.05, 0.1) is 23.8 Å². The van der Waals surface area contributed by atoms with E-state index >= 15 is 0 Å². The summed E-state index contributed by atoms with van der Waals surface area (Å²) >= 11 is 5.88. The van der Waals surface area contributed by atoms with E-state index in [2.05, 4.69) is 5.32 Å². The van der Waals surface area contributed by atoms with Crippen molar-refractivity contribution in [3.63, 3.8) is 0 Å². The number of rotatable bonds is 10. The van der Waals surface area contributed by atoms with E-state index in [0.717, 1.165) is 4.31 Å². The molecule has 0 spiro atoms. The zero-order valence-corrected chi connectivity index (χ0v) is 18.2. The minimum atomic E-state index is -4.00. The number of hydrogen-bond donors (Lipinski definition) is 1. The molecule has 0 aromatic heterocycles. The summed E-state index contributed by atoms with van der Waals surface area (Å²) in [5.74, 6) is 0.166. The van der Waals surface area contributed by atoms with Gasteiger partial charge in [-0.25, -0.2) is 8.42 Å². The lowest BCUT2D eigenvalue weighted by molar-refractivity contribution is -0.120. The van der Waals surface area contributed by atoms with Crippen molar-refractivity contribution in [3.8, 4) is 5.75 Å². The fraction of sp³-hybridized carbons (Fsp3) is 0.350. The smallest absolute Gasteiger partial charge is 0.264 e. The number of amides is 1. The van der Waals surface area contributed by atoms with Crippen molar-refractivity contribution in [1.82, 2.24) is 5.32 Å². The van der Waals surface area contributed by atoms with Crippen molar-refractivity contribution in [2.75, 3.05) is 31.2 Å². The van der Waals surface area contributed by atoms with Crippen molar-refractivity contribution in [2.45, 2.75) is 24.8 Å². The molecular formula is C20H25ClN2O5S. The van der Waals surface area contributed by atoms with Gasteiger partial charge in [0.2, 0.25) is 5.91 Å². The van der Waals surface area contributed by atoms with Gasteiger partial charge in [0, 0.05) is 18.2 Å². The van der Waals surface area contributed by atoms with Crippen molar-refractivity contribution >= 4 is 33.2 Å². The summed E-state index contributed by atoms with van der Waals surface area (Å²) in [4.78, 5) is 12.5. The highest BCUT2D eigenvalue weighted by molar-refractivity contribution is 7.92. The van der Waals surface area contributed by atoms with Gasteiger partial charge >= 0.3 is 0 Å². The van der Waals surface area contributed by atoms with Crippen LogP contribution in [0.25, 0.3) is 0 Å². The molecule has 2 aromatic rings. The van der Waals surface area contributed by atoms with E-state index in [9.17, 15) is 13.2 Å². The number of carbonyl (C=O) groups is 1. The van der Waals surface area contributed by atoms with Crippen LogP contribution in [-0.4, -0.2) is 47.2 Å². The number of carbonyl (C=O) groups excluding carboxylic acids is 1. The number of hydrogen-bond acceptors (Lipinski definition) is 5. The molecule has 0 heterocycles. The molecule has 1 amide bonds. The Bertz CT molecular complexity index is 901. The number of anilines is 1. The number of nitrogens with one attached hydrogen (secondary N) is 1. The van der Waals surface area contributed by atoms with E-state index in [4.69, 9.17) is 21.1 Å². The summed E-state index contributed by atoms with van der Waals surface area (Å²) < 4.78 is 38.0. The molecule has 0 aliphatic carbocycles. The minimum Gasteiger partial charge on any atom is -0.494 e. The molecule has 1 N–H and O–H groups in total. The molecule has 7 nitrogen and oxygen atoms in total. The lowest BCUT2D eigenvalue weighted by Gasteiger charge is -2.25. The van der Waals surface area contributed by atoms with Crippen LogP contribution < -0.4 is 14.4 Å². The van der Waals surface area contributed by atoms with Crippen molar-refractivity contribution in [1.29, 1.82) is 0 Å². The Kier molecular flexibility index (Phi) is 8.31. The fourth-order valence-electron chi connectivity index (χ4n) is 2.67. The van der Waals surface area contributed by atoms with Gasteiger partial charge in [0.15, 0.2) is 0 Å². The van der Waals surface area contributed by atoms with Gasteiger partial charge in [-0.15, -0.1) is 0 Å². The third kappa shape index (κ3) is 6.35. The molecule has 29 heavy (non-hydrogen) atoms. The zero-order valence-electron chi connectivity index (χ0n) is 16.6. The summed E-state index contributed by atoms with van der Waals surface area (Å²) in [5, 5.41) is 3.15. The molecule has 0 radical (unpaired) electrons. The first-order chi connectivity index (χ1) is 13.8. The number of halogens is 1. The molecule has 0 aliphatic rings. The van der Waals surface area contributed by atoms with E-state index in [1.54, 1.807) is 31.2 Å². The summed E-state index contributed by atoms with van der Waals surface area (Å²) in [5.41, 5.74) is 0.345. The monoisotopic (exact) mass is 440 g/mol. The van der Waals surface area contributed by atoms with Crippen molar-refractivity contribution in [2.24, 2.45) is 0 Å². The van der Waals surface area contributed by atoms with Crippen LogP contribution in [-0.2, 0) is 19.6 Å². The largest absolute Gasteiger partial charge is 0.494 e. The Balaban J connectivity index is 2.36. The van der Waals surface area contributed by atoms with E-state index in [-0.39, 0.29) is 17.5 Å². The predicted octanol–water partition coefficient (Wildman–Crippen LogP) is 3.09. The van der Waals surface area contributed by atoms with Crippen LogP contribution in [0.5, 0.6) is 5.75 Å². The molecule has 0 fully saturated rings. The predicted molar refractivity (Wildman–Crippen MR) is 113 cm³/mol. The highest BCUT2D eigenvalue weighted by Gasteiger charge is 2.27. The maximum Gasteiger partial charge on any atom is 0.264 e. The molecule has 1 atom stereocenters. The van der Waals surface area contributed by atoms with E-state index in [1.165, 1.54) is 31.4 Å². The van der Waals surface area contributed by atoms with Crippen LogP contribution in [0.4, 0.5) is 5.69 Å². The quantitative estimate of drug-likeness (QED) is 0.613. The molecule has 0 aliphatic heterocycles. The third-order valence-corrected chi connectivity index (χ3v) is 5.99. The molecule has 0 unspecified atom stereocenters. The molecule has 0 saturated heterocycles. The van der Waals surface area contributed by atoms with E-state index in [0.29, 0.717) is 29.7 Å². The Hall–Kier alpha value is -2.29. The Morgan fingerprint density at radius 1 is 1.14 bits per heavy atom. The van der Waals surface area contributed by atoms with Crippen molar-refractivity contribution < 1.29 is 22.7 Å². The first kappa shape index (κ1) is 23.0. The van der Waals surface area contributed by atoms with Gasteiger partial charge in [-0.2, -0.15) is 0 Å². The number of ether oxygens (including phenoxy) is 2. The van der Waals surface area contributed by atoms with Crippen LogP contribution in [0.3, 0.4) is 0 Å². The number of benzene rings is 2. The summed E-state index contributed by atoms with van der Waals surface area (Å²) in [7, 11) is -2.47. The van der Waals surface area contributed by atoms with Crippen LogP contribution in [0, 0.1) is 0 Å². The topological polar surface area (TPSA) is 84.9 Å². The van der Waals surface area contributed by atoms with E-state index in [1.807, 2.05) is 6.92 Å². The molecule has 2 rings (SSSR count). The Labute approximate surface area is 176 Å². The summed E-state index contributed by atoms with van der Waals surface area (Å²) in [6.07, 6.45) is 0. The van der Waals surface area contributed by atoms with Crippen LogP contribution >= 0.6 is 11.6 Å². The average molecular weight is 441 g/mol. The van der Waals surface area contributed by atoms with Crippen molar-refractivity contribution in [3.05, 3.63) is 53.6 Å². The van der Waals surface area contributed by atoms with E-state index < -0.39 is 15.9 Å². The Morgan fingerprint density at radius 3 is 2.31 bits per heavy atom.